The van der Waals surface area contributed by atoms with Crippen LogP contribution in [-0.4, -0.2) is 20.5 Å². The topological polar surface area (TPSA) is 58.0 Å². The van der Waals surface area contributed by atoms with Crippen LogP contribution in [0.25, 0.3) is 10.4 Å². The van der Waals surface area contributed by atoms with Crippen molar-refractivity contribution in [3.05, 3.63) is 71.1 Å². The van der Waals surface area contributed by atoms with Gasteiger partial charge in [0.05, 0.1) is 0 Å². The Hall–Kier alpha value is -2.07. The molecule has 0 spiro atoms. The maximum atomic E-state index is 8.87. The van der Waals surface area contributed by atoms with Crippen molar-refractivity contribution in [2.75, 3.05) is 0 Å². The number of hydrogen-bond donors (Lipinski definition) is 0. The smallest absolute Gasteiger partial charge is 0.261 e. The van der Waals surface area contributed by atoms with Gasteiger partial charge in [0, 0.05) is 17.1 Å². The van der Waals surface area contributed by atoms with Gasteiger partial charge in [-0.15, -0.1) is 0 Å². The van der Waals surface area contributed by atoms with E-state index < -0.39 is 8.32 Å². The lowest BCUT2D eigenvalue weighted by atomic mass is 9.82. The predicted molar refractivity (Wildman–Crippen MR) is 123 cm³/mol. The van der Waals surface area contributed by atoms with Gasteiger partial charge in [-0.05, 0) is 46.1 Å². The Balaban J connectivity index is 2.08. The minimum atomic E-state index is -2.54. The molecule has 0 bridgehead atoms. The van der Waals surface area contributed by atoms with Gasteiger partial charge < -0.3 is 4.43 Å². The van der Waals surface area contributed by atoms with Crippen molar-refractivity contribution in [1.82, 2.24) is 0 Å². The quantitative estimate of drug-likeness (QED) is 0.257. The van der Waals surface area contributed by atoms with E-state index in [1.165, 1.54) is 10.4 Å². The second kappa shape index (κ2) is 9.16. The van der Waals surface area contributed by atoms with E-state index in [9.17, 15) is 0 Å². The average Bonchev–Trinajstić information content (AvgIpc) is 2.73. The van der Waals surface area contributed by atoms with E-state index in [1.54, 1.807) is 0 Å². The molecule has 0 aliphatic heterocycles. The minimum absolute atomic E-state index is 0.0182. The summed E-state index contributed by atoms with van der Waals surface area (Å²) in [7, 11) is -2.54. The first-order chi connectivity index (χ1) is 13.9. The molecule has 0 N–H and O–H groups in total. The Bertz CT molecular complexity index is 789. The lowest BCUT2D eigenvalue weighted by molar-refractivity contribution is 0.0737. The van der Waals surface area contributed by atoms with Gasteiger partial charge in [0.15, 0.2) is 0 Å². The second-order valence-electron chi connectivity index (χ2n) is 9.16. The molecule has 0 saturated heterocycles. The normalized spacial score (nSPS) is 22.7. The van der Waals surface area contributed by atoms with Crippen LogP contribution >= 0.6 is 0 Å². The summed E-state index contributed by atoms with van der Waals surface area (Å²) in [6, 6.07) is 21.8. The fourth-order valence-electron chi connectivity index (χ4n) is 4.89. The third-order valence-corrected chi connectivity index (χ3v) is 11.4. The van der Waals surface area contributed by atoms with E-state index in [0.29, 0.717) is 5.92 Å². The van der Waals surface area contributed by atoms with Crippen LogP contribution in [0.15, 0.2) is 65.8 Å². The first-order valence-electron chi connectivity index (χ1n) is 10.8. The van der Waals surface area contributed by atoms with E-state index in [-0.39, 0.29) is 17.2 Å². The van der Waals surface area contributed by atoms with Crippen molar-refractivity contribution >= 4 is 18.7 Å². The molecular weight excluding hydrogens is 374 g/mol. The van der Waals surface area contributed by atoms with Gasteiger partial charge in [-0.1, -0.05) is 99.9 Å². The van der Waals surface area contributed by atoms with Gasteiger partial charge in [-0.3, -0.25) is 0 Å². The summed E-state index contributed by atoms with van der Waals surface area (Å²) in [5, 5.41) is 6.65. The summed E-state index contributed by atoms with van der Waals surface area (Å²) in [6.45, 7) is 9.20. The van der Waals surface area contributed by atoms with Crippen LogP contribution in [-0.2, 0) is 4.43 Å². The molecule has 3 atom stereocenters. The first-order valence-corrected chi connectivity index (χ1v) is 12.7. The molecule has 1 saturated carbocycles. The van der Waals surface area contributed by atoms with Gasteiger partial charge in [0.1, 0.15) is 0 Å². The number of rotatable bonds is 6. The second-order valence-corrected chi connectivity index (χ2v) is 13.4. The number of nitrogens with zero attached hydrogens (tertiary/aromatic N) is 3. The molecule has 2 aromatic carbocycles. The molecule has 0 aromatic heterocycles. The molecular formula is C24H33N3OSi. The Morgan fingerprint density at radius 3 is 2.00 bits per heavy atom. The maximum Gasteiger partial charge on any atom is 0.261 e. The van der Waals surface area contributed by atoms with Crippen LogP contribution < -0.4 is 10.4 Å². The lowest BCUT2D eigenvalue weighted by Crippen LogP contribution is -2.68. The van der Waals surface area contributed by atoms with Crippen LogP contribution in [0.2, 0.25) is 5.04 Å². The summed E-state index contributed by atoms with van der Waals surface area (Å²) in [5.74, 6) is 0.417. The van der Waals surface area contributed by atoms with Gasteiger partial charge >= 0.3 is 0 Å². The molecule has 0 heterocycles. The molecule has 3 rings (SSSR count). The van der Waals surface area contributed by atoms with Crippen molar-refractivity contribution < 1.29 is 4.43 Å². The number of azide groups is 1. The van der Waals surface area contributed by atoms with Crippen molar-refractivity contribution in [2.24, 2.45) is 11.0 Å². The highest BCUT2D eigenvalue weighted by Crippen LogP contribution is 2.41. The molecule has 2 aromatic rings. The summed E-state index contributed by atoms with van der Waals surface area (Å²) in [5.41, 5.74) is 8.87. The van der Waals surface area contributed by atoms with E-state index >= 15 is 0 Å². The van der Waals surface area contributed by atoms with Crippen molar-refractivity contribution in [3.63, 3.8) is 0 Å². The van der Waals surface area contributed by atoms with Crippen LogP contribution in [0.4, 0.5) is 0 Å². The monoisotopic (exact) mass is 407 g/mol. The van der Waals surface area contributed by atoms with E-state index in [2.05, 4.69) is 98.4 Å². The Morgan fingerprint density at radius 2 is 1.55 bits per heavy atom. The van der Waals surface area contributed by atoms with Crippen molar-refractivity contribution in [1.29, 1.82) is 0 Å². The SMILES string of the molecule is CC[C@@H]1C[C@@H](N=[N+]=[N-])CC[C@H]1O[Si](c1ccccc1)(c1ccccc1)C(C)(C)C. The van der Waals surface area contributed by atoms with Crippen LogP contribution in [0.1, 0.15) is 53.4 Å². The predicted octanol–water partition coefficient (Wildman–Crippen LogP) is 5.82. The van der Waals surface area contributed by atoms with Gasteiger partial charge in [0.25, 0.3) is 8.32 Å². The zero-order chi connectivity index (χ0) is 20.9. The standard InChI is InChI=1S/C24H33N3OSi/c1-5-19-18-20(26-27-25)16-17-23(19)28-29(24(2,3)4,21-12-8-6-9-13-21)22-14-10-7-11-15-22/h6-15,19-20,23H,5,16-18H2,1-4H3/t19-,20+,23-/m1/s1. The van der Waals surface area contributed by atoms with Gasteiger partial charge in [-0.2, -0.15) is 0 Å². The highest BCUT2D eigenvalue weighted by molar-refractivity contribution is 6.99. The van der Waals surface area contributed by atoms with Crippen LogP contribution in [0.3, 0.4) is 0 Å². The van der Waals surface area contributed by atoms with E-state index in [0.717, 1.165) is 25.7 Å². The van der Waals surface area contributed by atoms with E-state index in [4.69, 9.17) is 9.96 Å². The zero-order valence-corrected chi connectivity index (χ0v) is 19.1. The largest absolute Gasteiger partial charge is 0.404 e. The summed E-state index contributed by atoms with van der Waals surface area (Å²) in [4.78, 5) is 3.06. The highest BCUT2D eigenvalue weighted by Gasteiger charge is 2.52. The molecule has 0 radical (unpaired) electrons. The Kier molecular flexibility index (Phi) is 6.84. The van der Waals surface area contributed by atoms with Crippen LogP contribution in [0.5, 0.6) is 0 Å². The summed E-state index contributed by atoms with van der Waals surface area (Å²) < 4.78 is 7.35. The van der Waals surface area contributed by atoms with Crippen molar-refractivity contribution in [3.8, 4) is 0 Å². The highest BCUT2D eigenvalue weighted by atomic mass is 28.4. The molecule has 154 valence electrons. The molecule has 1 aliphatic rings. The average molecular weight is 408 g/mol. The van der Waals surface area contributed by atoms with Crippen LogP contribution in [0, 0.1) is 5.92 Å². The molecule has 0 amide bonds. The van der Waals surface area contributed by atoms with E-state index in [1.807, 2.05) is 0 Å². The number of hydrogen-bond acceptors (Lipinski definition) is 2. The molecule has 4 nitrogen and oxygen atoms in total. The summed E-state index contributed by atoms with van der Waals surface area (Å²) >= 11 is 0. The number of benzene rings is 2. The molecule has 1 fully saturated rings. The molecule has 0 unspecified atom stereocenters. The molecule has 29 heavy (non-hydrogen) atoms. The lowest BCUT2D eigenvalue weighted by Gasteiger charge is -2.48. The fraction of sp³-hybridized carbons (Fsp3) is 0.500. The minimum Gasteiger partial charge on any atom is -0.404 e. The maximum absolute atomic E-state index is 8.87. The third-order valence-electron chi connectivity index (χ3n) is 6.37. The van der Waals surface area contributed by atoms with Gasteiger partial charge in [0.2, 0.25) is 0 Å². The third kappa shape index (κ3) is 4.42. The summed E-state index contributed by atoms with van der Waals surface area (Å²) in [6.07, 6.45) is 4.01. The van der Waals surface area contributed by atoms with Crippen molar-refractivity contribution in [2.45, 2.75) is 70.6 Å². The Labute approximate surface area is 176 Å². The van der Waals surface area contributed by atoms with Gasteiger partial charge in [-0.25, -0.2) is 0 Å². The fourth-order valence-corrected chi connectivity index (χ4v) is 9.67. The zero-order valence-electron chi connectivity index (χ0n) is 18.1. The first kappa shape index (κ1) is 21.6. The molecule has 5 heteroatoms. The molecule has 1 aliphatic carbocycles. The Morgan fingerprint density at radius 1 is 1.00 bits per heavy atom.